The van der Waals surface area contributed by atoms with Crippen LogP contribution in [0.4, 0.5) is 5.69 Å². The molecular formula is C13H20N2O. The smallest absolute Gasteiger partial charge is 0.244 e. The normalized spacial score (nSPS) is 13.3. The second-order valence-corrected chi connectivity index (χ2v) is 5.08. The fourth-order valence-corrected chi connectivity index (χ4v) is 1.36. The van der Waals surface area contributed by atoms with Gasteiger partial charge in [-0.25, -0.2) is 0 Å². The van der Waals surface area contributed by atoms with Crippen LogP contribution in [0.25, 0.3) is 0 Å². The number of amides is 1. The highest BCUT2D eigenvalue weighted by atomic mass is 16.2. The van der Waals surface area contributed by atoms with Gasteiger partial charge in [0.05, 0.1) is 6.04 Å². The molecule has 1 aromatic rings. The van der Waals surface area contributed by atoms with Crippen molar-refractivity contribution >= 4 is 11.6 Å². The lowest BCUT2D eigenvalue weighted by Crippen LogP contribution is -2.49. The second-order valence-electron chi connectivity index (χ2n) is 5.08. The molecule has 0 radical (unpaired) electrons. The van der Waals surface area contributed by atoms with Gasteiger partial charge in [0.2, 0.25) is 5.91 Å². The summed E-state index contributed by atoms with van der Waals surface area (Å²) in [7, 11) is 1.75. The van der Waals surface area contributed by atoms with Crippen molar-refractivity contribution < 1.29 is 4.79 Å². The van der Waals surface area contributed by atoms with Crippen molar-refractivity contribution in [2.24, 2.45) is 11.1 Å². The third kappa shape index (κ3) is 2.83. The van der Waals surface area contributed by atoms with Crippen molar-refractivity contribution in [2.75, 3.05) is 11.9 Å². The molecular weight excluding hydrogens is 200 g/mol. The summed E-state index contributed by atoms with van der Waals surface area (Å²) in [6.45, 7) is 5.90. The van der Waals surface area contributed by atoms with Crippen LogP contribution in [0.15, 0.2) is 30.3 Å². The Kier molecular flexibility index (Phi) is 3.70. The van der Waals surface area contributed by atoms with E-state index in [1.807, 2.05) is 51.1 Å². The quantitative estimate of drug-likeness (QED) is 0.829. The number of anilines is 1. The molecule has 2 N–H and O–H groups in total. The minimum Gasteiger partial charge on any atom is -0.319 e. The Hall–Kier alpha value is -1.35. The Morgan fingerprint density at radius 2 is 1.75 bits per heavy atom. The van der Waals surface area contributed by atoms with Crippen LogP contribution < -0.4 is 10.6 Å². The van der Waals surface area contributed by atoms with Gasteiger partial charge in [0.1, 0.15) is 0 Å². The number of carbonyl (C=O) groups excluding carboxylic acids is 1. The van der Waals surface area contributed by atoms with Crippen molar-refractivity contribution in [1.82, 2.24) is 0 Å². The van der Waals surface area contributed by atoms with Crippen LogP contribution in [0.2, 0.25) is 0 Å². The van der Waals surface area contributed by atoms with E-state index in [4.69, 9.17) is 5.73 Å². The molecule has 1 atom stereocenters. The van der Waals surface area contributed by atoms with Crippen LogP contribution in [0.1, 0.15) is 20.8 Å². The van der Waals surface area contributed by atoms with Crippen molar-refractivity contribution in [1.29, 1.82) is 0 Å². The van der Waals surface area contributed by atoms with E-state index in [1.165, 1.54) is 0 Å². The highest BCUT2D eigenvalue weighted by Gasteiger charge is 2.30. The number of rotatable bonds is 2. The number of carbonyl (C=O) groups is 1. The number of hydrogen-bond acceptors (Lipinski definition) is 2. The zero-order chi connectivity index (χ0) is 12.3. The van der Waals surface area contributed by atoms with Crippen molar-refractivity contribution in [3.63, 3.8) is 0 Å². The van der Waals surface area contributed by atoms with Crippen LogP contribution in [-0.4, -0.2) is 19.0 Å². The first-order chi connectivity index (χ1) is 7.34. The Bertz CT molecular complexity index is 354. The minimum absolute atomic E-state index is 0.0568. The van der Waals surface area contributed by atoms with Gasteiger partial charge >= 0.3 is 0 Å². The van der Waals surface area contributed by atoms with Crippen molar-refractivity contribution in [3.05, 3.63) is 30.3 Å². The van der Waals surface area contributed by atoms with E-state index in [2.05, 4.69) is 0 Å². The summed E-state index contributed by atoms with van der Waals surface area (Å²) < 4.78 is 0. The van der Waals surface area contributed by atoms with Gasteiger partial charge in [-0.1, -0.05) is 39.0 Å². The van der Waals surface area contributed by atoms with Crippen LogP contribution >= 0.6 is 0 Å². The molecule has 16 heavy (non-hydrogen) atoms. The molecule has 0 spiro atoms. The van der Waals surface area contributed by atoms with E-state index >= 15 is 0 Å². The lowest BCUT2D eigenvalue weighted by molar-refractivity contribution is -0.121. The number of para-hydroxylation sites is 1. The van der Waals surface area contributed by atoms with Gasteiger partial charge in [0, 0.05) is 12.7 Å². The molecule has 3 heteroatoms. The Morgan fingerprint density at radius 3 is 2.19 bits per heavy atom. The molecule has 0 saturated heterocycles. The summed E-state index contributed by atoms with van der Waals surface area (Å²) in [5.41, 5.74) is 6.59. The molecule has 1 aromatic carbocycles. The number of nitrogens with two attached hydrogens (primary N) is 1. The zero-order valence-corrected chi connectivity index (χ0v) is 10.4. The molecule has 1 rings (SSSR count). The molecule has 0 heterocycles. The van der Waals surface area contributed by atoms with Gasteiger partial charge in [-0.3, -0.25) is 4.79 Å². The van der Waals surface area contributed by atoms with E-state index < -0.39 is 6.04 Å². The second kappa shape index (κ2) is 4.66. The van der Waals surface area contributed by atoms with Crippen LogP contribution in [0, 0.1) is 5.41 Å². The average Bonchev–Trinajstić information content (AvgIpc) is 2.26. The Morgan fingerprint density at radius 1 is 1.25 bits per heavy atom. The van der Waals surface area contributed by atoms with Gasteiger partial charge in [-0.2, -0.15) is 0 Å². The fourth-order valence-electron chi connectivity index (χ4n) is 1.36. The number of hydrogen-bond donors (Lipinski definition) is 1. The number of likely N-dealkylation sites (N-methyl/N-ethyl adjacent to an activating group) is 1. The van der Waals surface area contributed by atoms with Crippen molar-refractivity contribution in [3.8, 4) is 0 Å². The van der Waals surface area contributed by atoms with Crippen LogP contribution in [0.5, 0.6) is 0 Å². The Balaban J connectivity index is 2.84. The van der Waals surface area contributed by atoms with E-state index in [1.54, 1.807) is 11.9 Å². The maximum atomic E-state index is 12.1. The maximum absolute atomic E-state index is 12.1. The molecule has 0 unspecified atom stereocenters. The average molecular weight is 220 g/mol. The molecule has 0 aliphatic rings. The summed E-state index contributed by atoms with van der Waals surface area (Å²) in [6.07, 6.45) is 0. The van der Waals surface area contributed by atoms with Gasteiger partial charge in [0.25, 0.3) is 0 Å². The lowest BCUT2D eigenvalue weighted by Gasteiger charge is -2.30. The lowest BCUT2D eigenvalue weighted by atomic mass is 9.86. The SMILES string of the molecule is CN(C(=O)[C@@H](N)C(C)(C)C)c1ccccc1. The summed E-state index contributed by atoms with van der Waals surface area (Å²) in [5, 5.41) is 0. The fraction of sp³-hybridized carbons (Fsp3) is 0.462. The van der Waals surface area contributed by atoms with Gasteiger partial charge in [-0.15, -0.1) is 0 Å². The first kappa shape index (κ1) is 12.7. The van der Waals surface area contributed by atoms with E-state index in [-0.39, 0.29) is 11.3 Å². The minimum atomic E-state index is -0.488. The molecule has 0 saturated carbocycles. The summed E-state index contributed by atoms with van der Waals surface area (Å²) in [5.74, 6) is -0.0568. The van der Waals surface area contributed by atoms with Crippen LogP contribution in [0.3, 0.4) is 0 Å². The molecule has 88 valence electrons. The molecule has 0 aliphatic heterocycles. The van der Waals surface area contributed by atoms with E-state index in [9.17, 15) is 4.79 Å². The molecule has 1 amide bonds. The standard InChI is InChI=1S/C13H20N2O/c1-13(2,3)11(14)12(16)15(4)10-8-6-5-7-9-10/h5-9,11H,14H2,1-4H3/t11-/m1/s1. The van der Waals surface area contributed by atoms with Crippen LogP contribution in [-0.2, 0) is 4.79 Å². The molecule has 0 aliphatic carbocycles. The molecule has 0 aromatic heterocycles. The summed E-state index contributed by atoms with van der Waals surface area (Å²) in [4.78, 5) is 13.7. The first-order valence-electron chi connectivity index (χ1n) is 5.42. The maximum Gasteiger partial charge on any atom is 0.244 e. The third-order valence-electron chi connectivity index (χ3n) is 2.67. The van der Waals surface area contributed by atoms with Gasteiger partial charge < -0.3 is 10.6 Å². The highest BCUT2D eigenvalue weighted by Crippen LogP contribution is 2.21. The predicted molar refractivity (Wildman–Crippen MR) is 67.3 cm³/mol. The van der Waals surface area contributed by atoms with Gasteiger partial charge in [0.15, 0.2) is 0 Å². The number of nitrogens with zero attached hydrogens (tertiary/aromatic N) is 1. The Labute approximate surface area is 97.2 Å². The summed E-state index contributed by atoms with van der Waals surface area (Å²) in [6, 6.07) is 9.04. The highest BCUT2D eigenvalue weighted by molar-refractivity contribution is 5.97. The topological polar surface area (TPSA) is 46.3 Å². The monoisotopic (exact) mass is 220 g/mol. The largest absolute Gasteiger partial charge is 0.319 e. The third-order valence-corrected chi connectivity index (χ3v) is 2.67. The van der Waals surface area contributed by atoms with E-state index in [0.29, 0.717) is 0 Å². The predicted octanol–water partition coefficient (Wildman–Crippen LogP) is 2.02. The molecule has 3 nitrogen and oxygen atoms in total. The first-order valence-corrected chi connectivity index (χ1v) is 5.42. The zero-order valence-electron chi connectivity index (χ0n) is 10.4. The van der Waals surface area contributed by atoms with Crippen molar-refractivity contribution in [2.45, 2.75) is 26.8 Å². The molecule has 0 fully saturated rings. The molecule has 0 bridgehead atoms. The number of benzene rings is 1. The summed E-state index contributed by atoms with van der Waals surface area (Å²) >= 11 is 0. The van der Waals surface area contributed by atoms with Gasteiger partial charge in [-0.05, 0) is 17.5 Å². The van der Waals surface area contributed by atoms with E-state index in [0.717, 1.165) is 5.69 Å².